The molecule has 0 radical (unpaired) electrons. The molecule has 0 spiro atoms. The van der Waals surface area contributed by atoms with Crippen LogP contribution in [0, 0.1) is 17.8 Å². The van der Waals surface area contributed by atoms with Crippen LogP contribution in [-0.4, -0.2) is 10.7 Å². The van der Waals surface area contributed by atoms with Crippen molar-refractivity contribution in [1.29, 1.82) is 0 Å². The molecular formula is C18H26N2O. The summed E-state index contributed by atoms with van der Waals surface area (Å²) in [5.41, 5.74) is 1.55. The fraction of sp³-hybridized carbons (Fsp3) is 0.833. The van der Waals surface area contributed by atoms with Gasteiger partial charge >= 0.3 is 0 Å². The van der Waals surface area contributed by atoms with E-state index < -0.39 is 0 Å². The van der Waals surface area contributed by atoms with Gasteiger partial charge in [0, 0.05) is 24.1 Å². The average molecular weight is 286 g/mol. The molecule has 1 N–H and O–H groups in total. The van der Waals surface area contributed by atoms with Crippen molar-refractivity contribution in [3.8, 4) is 0 Å². The zero-order valence-corrected chi connectivity index (χ0v) is 12.8. The number of rotatable bonds is 4. The molecule has 1 heterocycles. The van der Waals surface area contributed by atoms with E-state index in [1.165, 1.54) is 57.8 Å². The van der Waals surface area contributed by atoms with Gasteiger partial charge in [0.25, 0.3) is 0 Å². The van der Waals surface area contributed by atoms with Gasteiger partial charge in [0.05, 0.1) is 5.69 Å². The number of hydrogen-bond acceptors (Lipinski definition) is 3. The van der Waals surface area contributed by atoms with Gasteiger partial charge < -0.3 is 9.84 Å². The number of hydrogen-bond donors (Lipinski definition) is 1. The highest BCUT2D eigenvalue weighted by atomic mass is 16.5. The first-order valence-electron chi connectivity index (χ1n) is 8.98. The molecule has 3 heteroatoms. The summed E-state index contributed by atoms with van der Waals surface area (Å²) >= 11 is 0. The Kier molecular flexibility index (Phi) is 2.77. The molecule has 1 aromatic heterocycles. The van der Waals surface area contributed by atoms with Crippen LogP contribution in [0.25, 0.3) is 0 Å². The first-order valence-corrected chi connectivity index (χ1v) is 8.98. The second-order valence-corrected chi connectivity index (χ2v) is 8.40. The highest BCUT2D eigenvalue weighted by molar-refractivity contribution is 5.13. The second kappa shape index (κ2) is 4.58. The topological polar surface area (TPSA) is 38.1 Å². The largest absolute Gasteiger partial charge is 0.361 e. The SMILES string of the molecule is c1c(CNC23CC4CC(CC(C4)C2)C3)noc1C1CCC1. The van der Waals surface area contributed by atoms with Gasteiger partial charge in [-0.1, -0.05) is 11.6 Å². The molecule has 0 amide bonds. The van der Waals surface area contributed by atoms with E-state index in [9.17, 15) is 0 Å². The van der Waals surface area contributed by atoms with Crippen LogP contribution in [0.2, 0.25) is 0 Å². The van der Waals surface area contributed by atoms with Crippen molar-refractivity contribution in [3.63, 3.8) is 0 Å². The zero-order chi connectivity index (χ0) is 13.9. The molecule has 3 nitrogen and oxygen atoms in total. The first kappa shape index (κ1) is 12.7. The lowest BCUT2D eigenvalue weighted by atomic mass is 9.53. The summed E-state index contributed by atoms with van der Waals surface area (Å²) in [5, 5.41) is 8.21. The Morgan fingerprint density at radius 2 is 1.76 bits per heavy atom. The molecule has 114 valence electrons. The molecule has 5 aliphatic carbocycles. The van der Waals surface area contributed by atoms with Gasteiger partial charge in [0.1, 0.15) is 5.76 Å². The van der Waals surface area contributed by atoms with Gasteiger partial charge in [-0.2, -0.15) is 0 Å². The summed E-state index contributed by atoms with van der Waals surface area (Å²) < 4.78 is 5.55. The van der Waals surface area contributed by atoms with Crippen LogP contribution in [-0.2, 0) is 6.54 Å². The van der Waals surface area contributed by atoms with Crippen LogP contribution in [0.4, 0.5) is 0 Å². The number of aromatic nitrogens is 1. The maximum atomic E-state index is 5.55. The van der Waals surface area contributed by atoms with Gasteiger partial charge in [0.2, 0.25) is 0 Å². The Bertz CT molecular complexity index is 496. The third-order valence-electron chi connectivity index (χ3n) is 6.77. The molecule has 0 saturated heterocycles. The van der Waals surface area contributed by atoms with Crippen LogP contribution in [0.1, 0.15) is 75.2 Å². The normalized spacial score (nSPS) is 41.4. The Labute approximate surface area is 126 Å². The molecule has 0 aliphatic heterocycles. The van der Waals surface area contributed by atoms with Crippen molar-refractivity contribution in [2.45, 2.75) is 75.8 Å². The van der Waals surface area contributed by atoms with Crippen molar-refractivity contribution < 1.29 is 4.52 Å². The smallest absolute Gasteiger partial charge is 0.140 e. The van der Waals surface area contributed by atoms with Crippen LogP contribution in [0.5, 0.6) is 0 Å². The summed E-state index contributed by atoms with van der Waals surface area (Å²) in [4.78, 5) is 0. The van der Waals surface area contributed by atoms with Crippen LogP contribution in [0.3, 0.4) is 0 Å². The molecule has 5 aliphatic rings. The molecular weight excluding hydrogens is 260 g/mol. The fourth-order valence-corrected chi connectivity index (χ4v) is 5.90. The zero-order valence-electron chi connectivity index (χ0n) is 12.8. The first-order chi connectivity index (χ1) is 10.3. The van der Waals surface area contributed by atoms with Crippen molar-refractivity contribution in [2.75, 3.05) is 0 Å². The maximum absolute atomic E-state index is 5.55. The van der Waals surface area contributed by atoms with E-state index in [4.69, 9.17) is 4.52 Å². The van der Waals surface area contributed by atoms with Gasteiger partial charge in [-0.05, 0) is 69.1 Å². The highest BCUT2D eigenvalue weighted by Crippen LogP contribution is 2.55. The van der Waals surface area contributed by atoms with Crippen LogP contribution >= 0.6 is 0 Å². The van der Waals surface area contributed by atoms with E-state index in [0.29, 0.717) is 11.5 Å². The summed E-state index contributed by atoms with van der Waals surface area (Å²) in [5.74, 6) is 4.80. The van der Waals surface area contributed by atoms with Crippen molar-refractivity contribution in [3.05, 3.63) is 17.5 Å². The molecule has 6 rings (SSSR count). The standard InChI is InChI=1S/C18H26N2O/c1-2-15(3-1)17-7-16(20-21-17)11-19-18-8-12-4-13(9-18)6-14(5-12)10-18/h7,12-15,19H,1-6,8-11H2. The van der Waals surface area contributed by atoms with Gasteiger partial charge in [0.15, 0.2) is 0 Å². The predicted molar refractivity (Wildman–Crippen MR) is 80.8 cm³/mol. The Hall–Kier alpha value is -0.830. The second-order valence-electron chi connectivity index (χ2n) is 8.40. The Morgan fingerprint density at radius 1 is 1.10 bits per heavy atom. The molecule has 21 heavy (non-hydrogen) atoms. The minimum Gasteiger partial charge on any atom is -0.361 e. The van der Waals surface area contributed by atoms with Gasteiger partial charge in [-0.15, -0.1) is 0 Å². The maximum Gasteiger partial charge on any atom is 0.140 e. The molecule has 4 bridgehead atoms. The van der Waals surface area contributed by atoms with E-state index >= 15 is 0 Å². The Balaban J connectivity index is 1.26. The van der Waals surface area contributed by atoms with Crippen molar-refractivity contribution in [1.82, 2.24) is 10.5 Å². The van der Waals surface area contributed by atoms with Crippen LogP contribution in [0.15, 0.2) is 10.6 Å². The molecule has 0 atom stereocenters. The summed E-state index contributed by atoms with van der Waals surface area (Å²) in [6.07, 6.45) is 12.7. The van der Waals surface area contributed by atoms with Crippen LogP contribution < -0.4 is 5.32 Å². The minimum absolute atomic E-state index is 0.435. The molecule has 0 unspecified atom stereocenters. The minimum atomic E-state index is 0.435. The molecule has 5 fully saturated rings. The average Bonchev–Trinajstić information content (AvgIpc) is 2.81. The lowest BCUT2D eigenvalue weighted by molar-refractivity contribution is -0.0208. The fourth-order valence-electron chi connectivity index (χ4n) is 5.90. The van der Waals surface area contributed by atoms with Crippen molar-refractivity contribution >= 4 is 0 Å². The van der Waals surface area contributed by atoms with Gasteiger partial charge in [-0.25, -0.2) is 0 Å². The quantitative estimate of drug-likeness (QED) is 0.909. The molecule has 5 saturated carbocycles. The van der Waals surface area contributed by atoms with E-state index in [0.717, 1.165) is 35.8 Å². The monoisotopic (exact) mass is 286 g/mol. The lowest BCUT2D eigenvalue weighted by Crippen LogP contribution is -2.58. The number of nitrogens with zero attached hydrogens (tertiary/aromatic N) is 1. The summed E-state index contributed by atoms with van der Waals surface area (Å²) in [6.45, 7) is 0.905. The van der Waals surface area contributed by atoms with E-state index in [1.54, 1.807) is 0 Å². The highest BCUT2D eigenvalue weighted by Gasteiger charge is 2.50. The third-order valence-corrected chi connectivity index (χ3v) is 6.77. The molecule has 0 aromatic carbocycles. The molecule has 1 aromatic rings. The van der Waals surface area contributed by atoms with E-state index in [2.05, 4.69) is 16.5 Å². The van der Waals surface area contributed by atoms with Gasteiger partial charge in [-0.3, -0.25) is 0 Å². The lowest BCUT2D eigenvalue weighted by Gasteiger charge is -2.57. The Morgan fingerprint density at radius 3 is 2.33 bits per heavy atom. The summed E-state index contributed by atoms with van der Waals surface area (Å²) in [6, 6.07) is 2.21. The summed E-state index contributed by atoms with van der Waals surface area (Å²) in [7, 11) is 0. The van der Waals surface area contributed by atoms with E-state index in [-0.39, 0.29) is 0 Å². The number of nitrogens with one attached hydrogen (secondary N) is 1. The third kappa shape index (κ3) is 2.16. The van der Waals surface area contributed by atoms with E-state index in [1.807, 2.05) is 0 Å². The predicted octanol–water partition coefficient (Wildman–Crippen LogP) is 4.00. The van der Waals surface area contributed by atoms with Crippen molar-refractivity contribution in [2.24, 2.45) is 17.8 Å².